The van der Waals surface area contributed by atoms with Crippen LogP contribution in [0.4, 0.5) is 0 Å². The van der Waals surface area contributed by atoms with E-state index in [-0.39, 0.29) is 5.92 Å². The lowest BCUT2D eigenvalue weighted by molar-refractivity contribution is -0.129. The highest BCUT2D eigenvalue weighted by Crippen LogP contribution is 2.31. The summed E-state index contributed by atoms with van der Waals surface area (Å²) in [5.74, 6) is 2.56. The second kappa shape index (κ2) is 6.70. The maximum atomic E-state index is 12.2. The first-order chi connectivity index (χ1) is 8.31. The van der Waals surface area contributed by atoms with Gasteiger partial charge >= 0.3 is 0 Å². The van der Waals surface area contributed by atoms with Gasteiger partial charge in [-0.05, 0) is 38.0 Å². The van der Waals surface area contributed by atoms with Crippen LogP contribution in [-0.4, -0.2) is 29.8 Å². The molecule has 3 unspecified atom stereocenters. The van der Waals surface area contributed by atoms with Gasteiger partial charge in [-0.15, -0.1) is 0 Å². The monoisotopic (exact) mass is 253 g/mol. The maximum absolute atomic E-state index is 12.2. The molecule has 0 aliphatic heterocycles. The van der Waals surface area contributed by atoms with Gasteiger partial charge in [-0.3, -0.25) is 9.69 Å². The van der Waals surface area contributed by atoms with Crippen molar-refractivity contribution in [2.75, 3.05) is 13.1 Å². The molecular formula is C16H31NO. The Morgan fingerprint density at radius 1 is 1.22 bits per heavy atom. The first kappa shape index (κ1) is 15.7. The summed E-state index contributed by atoms with van der Waals surface area (Å²) in [6.45, 7) is 15.5. The molecule has 0 radical (unpaired) electrons. The lowest BCUT2D eigenvalue weighted by Gasteiger charge is -2.37. The molecule has 0 aromatic carbocycles. The van der Waals surface area contributed by atoms with Crippen molar-refractivity contribution in [1.82, 2.24) is 4.90 Å². The third-order valence-corrected chi connectivity index (χ3v) is 4.19. The zero-order valence-electron chi connectivity index (χ0n) is 13.1. The summed E-state index contributed by atoms with van der Waals surface area (Å²) in [7, 11) is 0. The Balaban J connectivity index is 2.64. The van der Waals surface area contributed by atoms with Crippen LogP contribution in [0.5, 0.6) is 0 Å². The molecule has 1 fully saturated rings. The molecule has 0 aromatic rings. The average molecular weight is 253 g/mol. The van der Waals surface area contributed by atoms with Gasteiger partial charge in [-0.25, -0.2) is 0 Å². The molecule has 2 heteroatoms. The fraction of sp³-hybridized carbons (Fsp3) is 0.938. The zero-order chi connectivity index (χ0) is 13.9. The van der Waals surface area contributed by atoms with Gasteiger partial charge in [0.1, 0.15) is 5.78 Å². The summed E-state index contributed by atoms with van der Waals surface area (Å²) < 4.78 is 0. The Hall–Kier alpha value is -0.370. The Kier molecular flexibility index (Phi) is 5.84. The number of nitrogens with zero attached hydrogens (tertiary/aromatic N) is 1. The van der Waals surface area contributed by atoms with Crippen LogP contribution in [-0.2, 0) is 4.79 Å². The Morgan fingerprint density at radius 2 is 1.83 bits per heavy atom. The molecule has 18 heavy (non-hydrogen) atoms. The quantitative estimate of drug-likeness (QED) is 0.746. The maximum Gasteiger partial charge on any atom is 0.137 e. The predicted octanol–water partition coefficient (Wildman–Crippen LogP) is 3.60. The molecule has 0 amide bonds. The van der Waals surface area contributed by atoms with Crippen LogP contribution in [0.2, 0.25) is 0 Å². The summed E-state index contributed by atoms with van der Waals surface area (Å²) in [6.07, 6.45) is 2.01. The van der Waals surface area contributed by atoms with Crippen molar-refractivity contribution in [2.45, 2.75) is 60.4 Å². The van der Waals surface area contributed by atoms with Crippen molar-refractivity contribution in [3.8, 4) is 0 Å². The van der Waals surface area contributed by atoms with Crippen molar-refractivity contribution in [1.29, 1.82) is 0 Å². The number of rotatable bonds is 5. The van der Waals surface area contributed by atoms with Crippen LogP contribution in [0, 0.1) is 23.7 Å². The highest BCUT2D eigenvalue weighted by molar-refractivity contribution is 5.82. The highest BCUT2D eigenvalue weighted by Gasteiger charge is 2.33. The van der Waals surface area contributed by atoms with E-state index in [9.17, 15) is 4.79 Å². The van der Waals surface area contributed by atoms with Crippen molar-refractivity contribution in [2.24, 2.45) is 23.7 Å². The van der Waals surface area contributed by atoms with E-state index in [0.717, 1.165) is 19.5 Å². The highest BCUT2D eigenvalue weighted by atomic mass is 16.1. The van der Waals surface area contributed by atoms with Gasteiger partial charge < -0.3 is 0 Å². The van der Waals surface area contributed by atoms with Gasteiger partial charge in [0.25, 0.3) is 0 Å². The average Bonchev–Trinajstić information content (AvgIpc) is 2.20. The van der Waals surface area contributed by atoms with Crippen LogP contribution in [0.15, 0.2) is 0 Å². The third kappa shape index (κ3) is 4.38. The van der Waals surface area contributed by atoms with Crippen molar-refractivity contribution >= 4 is 5.78 Å². The second-order valence-corrected chi connectivity index (χ2v) is 7.04. The molecule has 1 rings (SSSR count). The van der Waals surface area contributed by atoms with Gasteiger partial charge in [-0.2, -0.15) is 0 Å². The molecule has 0 heterocycles. The fourth-order valence-corrected chi connectivity index (χ4v) is 3.19. The lowest BCUT2D eigenvalue weighted by atomic mass is 9.74. The molecular weight excluding hydrogens is 222 g/mol. The summed E-state index contributed by atoms with van der Waals surface area (Å²) in [4.78, 5) is 14.7. The van der Waals surface area contributed by atoms with Crippen molar-refractivity contribution < 1.29 is 4.79 Å². The van der Waals surface area contributed by atoms with Gasteiger partial charge in [0, 0.05) is 31.5 Å². The lowest BCUT2D eigenvalue weighted by Crippen LogP contribution is -2.44. The second-order valence-electron chi connectivity index (χ2n) is 7.04. The van der Waals surface area contributed by atoms with Crippen molar-refractivity contribution in [3.05, 3.63) is 0 Å². The van der Waals surface area contributed by atoms with E-state index in [2.05, 4.69) is 46.4 Å². The summed E-state index contributed by atoms with van der Waals surface area (Å²) >= 11 is 0. The van der Waals surface area contributed by atoms with Crippen LogP contribution in [0.25, 0.3) is 0 Å². The SMILES string of the molecule is CC(C)CN(CC1C(=O)CC(C)CC1C)C(C)C. The predicted molar refractivity (Wildman–Crippen MR) is 77.6 cm³/mol. The van der Waals surface area contributed by atoms with E-state index in [4.69, 9.17) is 0 Å². The van der Waals surface area contributed by atoms with Crippen LogP contribution < -0.4 is 0 Å². The van der Waals surface area contributed by atoms with Gasteiger partial charge in [0.05, 0.1) is 0 Å². The minimum atomic E-state index is 0.266. The number of hydrogen-bond donors (Lipinski definition) is 0. The standard InChI is InChI=1S/C16H31NO/c1-11(2)9-17(12(3)4)10-15-14(6)7-13(5)8-16(15)18/h11-15H,7-10H2,1-6H3. The van der Waals surface area contributed by atoms with Gasteiger partial charge in [0.15, 0.2) is 0 Å². The third-order valence-electron chi connectivity index (χ3n) is 4.19. The van der Waals surface area contributed by atoms with E-state index >= 15 is 0 Å². The number of hydrogen-bond acceptors (Lipinski definition) is 2. The van der Waals surface area contributed by atoms with E-state index in [1.165, 1.54) is 6.42 Å². The Labute approximate surface area is 113 Å². The fourth-order valence-electron chi connectivity index (χ4n) is 3.19. The summed E-state index contributed by atoms with van der Waals surface area (Å²) in [6, 6.07) is 0.534. The number of ketones is 1. The van der Waals surface area contributed by atoms with Crippen LogP contribution in [0.1, 0.15) is 54.4 Å². The topological polar surface area (TPSA) is 20.3 Å². The molecule has 1 saturated carbocycles. The van der Waals surface area contributed by atoms with Gasteiger partial charge in [0.2, 0.25) is 0 Å². The first-order valence-corrected chi connectivity index (χ1v) is 7.58. The molecule has 106 valence electrons. The van der Waals surface area contributed by atoms with Crippen molar-refractivity contribution in [3.63, 3.8) is 0 Å². The molecule has 1 aliphatic carbocycles. The van der Waals surface area contributed by atoms with E-state index in [0.29, 0.717) is 29.6 Å². The Morgan fingerprint density at radius 3 is 2.28 bits per heavy atom. The number of carbonyl (C=O) groups excluding carboxylic acids is 1. The first-order valence-electron chi connectivity index (χ1n) is 7.58. The minimum Gasteiger partial charge on any atom is -0.300 e. The summed E-state index contributed by atoms with van der Waals surface area (Å²) in [5, 5.41) is 0. The van der Waals surface area contributed by atoms with Crippen LogP contribution in [0.3, 0.4) is 0 Å². The van der Waals surface area contributed by atoms with E-state index in [1.807, 2.05) is 0 Å². The molecule has 0 N–H and O–H groups in total. The minimum absolute atomic E-state index is 0.266. The number of carbonyl (C=O) groups is 1. The van der Waals surface area contributed by atoms with E-state index in [1.54, 1.807) is 0 Å². The molecule has 0 aromatic heterocycles. The summed E-state index contributed by atoms with van der Waals surface area (Å²) in [5.41, 5.74) is 0. The Bertz CT molecular complexity index is 272. The molecule has 0 bridgehead atoms. The molecule has 0 saturated heterocycles. The number of Topliss-reactive ketones (excluding diaryl/α,β-unsaturated/α-hetero) is 1. The van der Waals surface area contributed by atoms with Gasteiger partial charge in [-0.1, -0.05) is 27.7 Å². The van der Waals surface area contributed by atoms with Crippen LogP contribution >= 0.6 is 0 Å². The molecule has 2 nitrogen and oxygen atoms in total. The van der Waals surface area contributed by atoms with E-state index < -0.39 is 0 Å². The smallest absolute Gasteiger partial charge is 0.137 e. The molecule has 1 aliphatic rings. The normalized spacial score (nSPS) is 29.6. The molecule has 3 atom stereocenters. The largest absolute Gasteiger partial charge is 0.300 e. The molecule has 0 spiro atoms. The zero-order valence-corrected chi connectivity index (χ0v) is 13.1.